The van der Waals surface area contributed by atoms with Crippen LogP contribution in [0.15, 0.2) is 24.3 Å². The van der Waals surface area contributed by atoms with Crippen molar-refractivity contribution in [2.75, 3.05) is 6.54 Å². The number of nitrogens with zero attached hydrogens (tertiary/aromatic N) is 1. The van der Waals surface area contributed by atoms with E-state index in [1.165, 1.54) is 22.2 Å². The number of nitrogens with one attached hydrogen (secondary N) is 1. The van der Waals surface area contributed by atoms with Gasteiger partial charge in [-0.1, -0.05) is 25.1 Å². The number of likely N-dealkylation sites (N-methyl/N-ethyl adjacent to an activating group) is 1. The molecule has 17 heavy (non-hydrogen) atoms. The smallest absolute Gasteiger partial charge is 0.0459 e. The maximum atomic E-state index is 3.58. The van der Waals surface area contributed by atoms with E-state index in [0.717, 1.165) is 19.5 Å². The summed E-state index contributed by atoms with van der Waals surface area (Å²) in [6.45, 7) is 9.10. The Morgan fingerprint density at radius 1 is 1.29 bits per heavy atom. The summed E-state index contributed by atoms with van der Waals surface area (Å²) >= 11 is 0. The highest BCUT2D eigenvalue weighted by atomic mass is 15.2. The number of rotatable bonds is 1. The van der Waals surface area contributed by atoms with Gasteiger partial charge in [0, 0.05) is 28.7 Å². The first-order valence-electron chi connectivity index (χ1n) is 6.45. The number of aromatic nitrogens is 1. The molecular weight excluding hydrogens is 208 g/mol. The van der Waals surface area contributed by atoms with E-state index in [9.17, 15) is 0 Å². The van der Waals surface area contributed by atoms with Gasteiger partial charge in [-0.2, -0.15) is 0 Å². The lowest BCUT2D eigenvalue weighted by Crippen LogP contribution is -2.48. The molecule has 2 nitrogen and oxygen atoms in total. The van der Waals surface area contributed by atoms with Gasteiger partial charge >= 0.3 is 0 Å². The van der Waals surface area contributed by atoms with Crippen LogP contribution in [0.2, 0.25) is 0 Å². The minimum Gasteiger partial charge on any atom is -0.357 e. The van der Waals surface area contributed by atoms with E-state index in [1.54, 1.807) is 0 Å². The van der Waals surface area contributed by atoms with Gasteiger partial charge in [0.15, 0.2) is 0 Å². The molecule has 1 aromatic carbocycles. The predicted octanol–water partition coefficient (Wildman–Crippen LogP) is 3.32. The van der Waals surface area contributed by atoms with Crippen molar-refractivity contribution in [3.63, 3.8) is 0 Å². The van der Waals surface area contributed by atoms with Gasteiger partial charge in [0.1, 0.15) is 0 Å². The van der Waals surface area contributed by atoms with Crippen LogP contribution in [0.25, 0.3) is 10.9 Å². The van der Waals surface area contributed by atoms with Gasteiger partial charge in [0.25, 0.3) is 0 Å². The summed E-state index contributed by atoms with van der Waals surface area (Å²) in [6.07, 6.45) is 1.14. The van der Waals surface area contributed by atoms with E-state index in [1.807, 2.05) is 0 Å². The summed E-state index contributed by atoms with van der Waals surface area (Å²) in [6, 6.07) is 8.65. The number of para-hydroxylation sites is 1. The SMILES string of the molecule is CCN1Cc2[nH]c3ccccc3c2CC1(C)C. The van der Waals surface area contributed by atoms with Crippen molar-refractivity contribution in [3.8, 4) is 0 Å². The van der Waals surface area contributed by atoms with Crippen molar-refractivity contribution in [2.45, 2.75) is 39.3 Å². The van der Waals surface area contributed by atoms with Crippen LogP contribution in [-0.4, -0.2) is 22.0 Å². The van der Waals surface area contributed by atoms with Gasteiger partial charge < -0.3 is 4.98 Å². The molecule has 2 heterocycles. The fraction of sp³-hybridized carbons (Fsp3) is 0.467. The van der Waals surface area contributed by atoms with Gasteiger partial charge in [0.05, 0.1) is 0 Å². The maximum absolute atomic E-state index is 3.58. The first-order valence-corrected chi connectivity index (χ1v) is 6.45. The molecule has 1 aliphatic rings. The summed E-state index contributed by atoms with van der Waals surface area (Å²) in [5.41, 5.74) is 4.49. The maximum Gasteiger partial charge on any atom is 0.0459 e. The molecule has 0 amide bonds. The molecule has 0 radical (unpaired) electrons. The van der Waals surface area contributed by atoms with Gasteiger partial charge in [-0.15, -0.1) is 0 Å². The number of H-pyrrole nitrogens is 1. The number of fused-ring (bicyclic) bond motifs is 3. The summed E-state index contributed by atoms with van der Waals surface area (Å²) < 4.78 is 0. The fourth-order valence-corrected chi connectivity index (χ4v) is 3.08. The van der Waals surface area contributed by atoms with Crippen molar-refractivity contribution in [1.82, 2.24) is 9.88 Å². The van der Waals surface area contributed by atoms with E-state index in [2.05, 4.69) is 54.9 Å². The van der Waals surface area contributed by atoms with E-state index in [4.69, 9.17) is 0 Å². The number of aromatic amines is 1. The third-order valence-corrected chi connectivity index (χ3v) is 4.10. The molecule has 3 rings (SSSR count). The molecule has 0 saturated heterocycles. The van der Waals surface area contributed by atoms with Gasteiger partial charge in [-0.3, -0.25) is 4.90 Å². The highest BCUT2D eigenvalue weighted by Crippen LogP contribution is 2.34. The van der Waals surface area contributed by atoms with Crippen LogP contribution in [0.5, 0.6) is 0 Å². The van der Waals surface area contributed by atoms with E-state index in [0.29, 0.717) is 0 Å². The molecule has 1 aliphatic heterocycles. The summed E-state index contributed by atoms with van der Waals surface area (Å²) in [5.74, 6) is 0. The van der Waals surface area contributed by atoms with Crippen molar-refractivity contribution < 1.29 is 0 Å². The standard InChI is InChI=1S/C15H20N2/c1-4-17-10-14-12(9-15(17,2)3)11-7-5-6-8-13(11)16-14/h5-8,16H,4,9-10H2,1-3H3. The lowest BCUT2D eigenvalue weighted by molar-refractivity contribution is 0.104. The lowest BCUT2D eigenvalue weighted by atomic mass is 9.87. The number of benzene rings is 1. The van der Waals surface area contributed by atoms with Crippen LogP contribution in [0.3, 0.4) is 0 Å². The van der Waals surface area contributed by atoms with Crippen LogP contribution in [0.1, 0.15) is 32.0 Å². The van der Waals surface area contributed by atoms with Crippen LogP contribution >= 0.6 is 0 Å². The molecule has 0 fully saturated rings. The van der Waals surface area contributed by atoms with Crippen molar-refractivity contribution in [1.29, 1.82) is 0 Å². The van der Waals surface area contributed by atoms with Crippen LogP contribution in [0, 0.1) is 0 Å². The Morgan fingerprint density at radius 2 is 2.06 bits per heavy atom. The first-order chi connectivity index (χ1) is 8.12. The summed E-state index contributed by atoms with van der Waals surface area (Å²) in [7, 11) is 0. The van der Waals surface area contributed by atoms with Crippen LogP contribution < -0.4 is 0 Å². The Bertz CT molecular complexity index is 551. The molecule has 0 atom stereocenters. The zero-order valence-electron chi connectivity index (χ0n) is 10.9. The average molecular weight is 228 g/mol. The minimum absolute atomic E-state index is 0.271. The lowest BCUT2D eigenvalue weighted by Gasteiger charge is -2.41. The van der Waals surface area contributed by atoms with E-state index < -0.39 is 0 Å². The molecule has 0 unspecified atom stereocenters. The normalized spacial score (nSPS) is 19.5. The average Bonchev–Trinajstić information content (AvgIpc) is 2.64. The summed E-state index contributed by atoms with van der Waals surface area (Å²) in [5, 5.41) is 1.41. The van der Waals surface area contributed by atoms with E-state index in [-0.39, 0.29) is 5.54 Å². The Balaban J connectivity index is 2.15. The summed E-state index contributed by atoms with van der Waals surface area (Å²) in [4.78, 5) is 6.12. The van der Waals surface area contributed by atoms with Gasteiger partial charge in [-0.05, 0) is 38.4 Å². The van der Waals surface area contributed by atoms with Crippen molar-refractivity contribution >= 4 is 10.9 Å². The Kier molecular flexibility index (Phi) is 2.30. The Labute approximate surface area is 103 Å². The first kappa shape index (κ1) is 10.8. The third-order valence-electron chi connectivity index (χ3n) is 4.10. The zero-order valence-corrected chi connectivity index (χ0v) is 10.9. The molecule has 0 bridgehead atoms. The molecule has 1 aromatic heterocycles. The number of hydrogen-bond acceptors (Lipinski definition) is 1. The topological polar surface area (TPSA) is 19.0 Å². The van der Waals surface area contributed by atoms with Crippen molar-refractivity contribution in [2.24, 2.45) is 0 Å². The highest BCUT2D eigenvalue weighted by Gasteiger charge is 2.33. The second-order valence-corrected chi connectivity index (χ2v) is 5.63. The number of hydrogen-bond donors (Lipinski definition) is 1. The minimum atomic E-state index is 0.271. The quantitative estimate of drug-likeness (QED) is 0.793. The fourth-order valence-electron chi connectivity index (χ4n) is 3.08. The molecule has 0 spiro atoms. The largest absolute Gasteiger partial charge is 0.357 e. The highest BCUT2D eigenvalue weighted by molar-refractivity contribution is 5.85. The molecule has 0 aliphatic carbocycles. The van der Waals surface area contributed by atoms with Crippen LogP contribution in [-0.2, 0) is 13.0 Å². The molecule has 2 heteroatoms. The predicted molar refractivity (Wildman–Crippen MR) is 72.2 cm³/mol. The van der Waals surface area contributed by atoms with Gasteiger partial charge in [-0.25, -0.2) is 0 Å². The Morgan fingerprint density at radius 3 is 2.82 bits per heavy atom. The molecule has 90 valence electrons. The Hall–Kier alpha value is -1.28. The third kappa shape index (κ3) is 1.59. The van der Waals surface area contributed by atoms with E-state index >= 15 is 0 Å². The second-order valence-electron chi connectivity index (χ2n) is 5.63. The van der Waals surface area contributed by atoms with Crippen molar-refractivity contribution in [3.05, 3.63) is 35.5 Å². The van der Waals surface area contributed by atoms with Gasteiger partial charge in [0.2, 0.25) is 0 Å². The second kappa shape index (κ2) is 3.61. The molecule has 1 N–H and O–H groups in total. The molecular formula is C15H20N2. The zero-order chi connectivity index (χ0) is 12.0. The molecule has 2 aromatic rings. The van der Waals surface area contributed by atoms with Crippen LogP contribution in [0.4, 0.5) is 0 Å². The monoisotopic (exact) mass is 228 g/mol. The molecule has 0 saturated carbocycles.